The third-order valence-corrected chi connectivity index (χ3v) is 5.60. The average molecular weight is 552 g/mol. The predicted octanol–water partition coefficient (Wildman–Crippen LogP) is 5.53. The maximum absolute atomic E-state index is 11.0. The molecule has 180 valence electrons. The van der Waals surface area contributed by atoms with Crippen LogP contribution in [0.3, 0.4) is 0 Å². The van der Waals surface area contributed by atoms with Crippen LogP contribution >= 0.6 is 28.3 Å². The van der Waals surface area contributed by atoms with Gasteiger partial charge in [-0.3, -0.25) is 4.79 Å². The fourth-order valence-corrected chi connectivity index (χ4v) is 3.76. The Kier molecular flexibility index (Phi) is 8.46. The summed E-state index contributed by atoms with van der Waals surface area (Å²) in [5, 5.41) is 9.06. The normalized spacial score (nSPS) is 10.7. The molecule has 2 heterocycles. The van der Waals surface area contributed by atoms with Crippen LogP contribution in [0.5, 0.6) is 17.2 Å². The van der Waals surface area contributed by atoms with Crippen LogP contribution in [0.25, 0.3) is 11.0 Å². The molecule has 0 bridgehead atoms. The molecule has 1 N–H and O–H groups in total. The number of hydrogen-bond donors (Lipinski definition) is 1. The molecule has 0 amide bonds. The molecule has 0 fully saturated rings. The number of nitrogens with zero attached hydrogens (tertiary/aromatic N) is 2. The van der Waals surface area contributed by atoms with E-state index in [-0.39, 0.29) is 32.0 Å². The standard InChI is InChI=1S/C24H23BrN2O6.ClH/c1-27-21-10-17(30-2)6-7-20(21)26-23(27)14-32-18-5-3-15(4-8-24(28)29)22(11-18)33-13-19-9-16(25)12-31-19;/h3,5-7,9-12H,4,8,13-14H2,1-2H3,(H,28,29);1H. The molecule has 10 heteroatoms. The van der Waals surface area contributed by atoms with Gasteiger partial charge in [0, 0.05) is 25.6 Å². The first-order valence-electron chi connectivity index (χ1n) is 10.3. The number of aromatic nitrogens is 2. The van der Waals surface area contributed by atoms with Crippen LogP contribution < -0.4 is 14.2 Å². The highest BCUT2D eigenvalue weighted by atomic mass is 79.9. The minimum absolute atomic E-state index is 0. The molecule has 8 nitrogen and oxygen atoms in total. The Morgan fingerprint density at radius 3 is 2.62 bits per heavy atom. The number of rotatable bonds is 10. The third kappa shape index (κ3) is 6.03. The number of imidazole rings is 1. The van der Waals surface area contributed by atoms with Gasteiger partial charge in [-0.25, -0.2) is 4.98 Å². The van der Waals surface area contributed by atoms with E-state index in [9.17, 15) is 4.79 Å². The van der Waals surface area contributed by atoms with E-state index in [1.807, 2.05) is 41.9 Å². The Labute approximate surface area is 211 Å². The highest BCUT2D eigenvalue weighted by Gasteiger charge is 2.13. The van der Waals surface area contributed by atoms with Crippen molar-refractivity contribution in [3.8, 4) is 17.2 Å². The largest absolute Gasteiger partial charge is 0.497 e. The molecular weight excluding hydrogens is 528 g/mol. The van der Waals surface area contributed by atoms with Crippen molar-refractivity contribution in [2.45, 2.75) is 26.1 Å². The van der Waals surface area contributed by atoms with E-state index in [2.05, 4.69) is 20.9 Å². The van der Waals surface area contributed by atoms with Gasteiger partial charge < -0.3 is 28.3 Å². The summed E-state index contributed by atoms with van der Waals surface area (Å²) in [6.07, 6.45) is 1.93. The fourth-order valence-electron chi connectivity index (χ4n) is 3.41. The topological polar surface area (TPSA) is 96.0 Å². The van der Waals surface area contributed by atoms with Crippen LogP contribution in [-0.2, 0) is 31.5 Å². The lowest BCUT2D eigenvalue weighted by atomic mass is 10.1. The van der Waals surface area contributed by atoms with Gasteiger partial charge in [0.05, 0.1) is 22.6 Å². The van der Waals surface area contributed by atoms with Gasteiger partial charge in [-0.15, -0.1) is 12.4 Å². The number of halogens is 2. The number of carboxylic acids is 1. The molecule has 0 saturated heterocycles. The Morgan fingerprint density at radius 2 is 1.91 bits per heavy atom. The summed E-state index contributed by atoms with van der Waals surface area (Å²) < 4.78 is 25.4. The van der Waals surface area contributed by atoms with Gasteiger partial charge in [0.2, 0.25) is 0 Å². The monoisotopic (exact) mass is 550 g/mol. The zero-order chi connectivity index (χ0) is 23.4. The first kappa shape index (κ1) is 25.5. The number of hydrogen-bond acceptors (Lipinski definition) is 6. The summed E-state index contributed by atoms with van der Waals surface area (Å²) in [5.74, 6) is 2.45. The van der Waals surface area contributed by atoms with Crippen molar-refractivity contribution in [3.05, 3.63) is 70.3 Å². The second-order valence-electron chi connectivity index (χ2n) is 7.41. The van der Waals surface area contributed by atoms with Crippen molar-refractivity contribution in [2.24, 2.45) is 7.05 Å². The minimum Gasteiger partial charge on any atom is -0.497 e. The zero-order valence-electron chi connectivity index (χ0n) is 18.6. The summed E-state index contributed by atoms with van der Waals surface area (Å²) >= 11 is 3.34. The summed E-state index contributed by atoms with van der Waals surface area (Å²) in [7, 11) is 3.56. The number of carboxylic acid groups (broad SMARTS) is 1. The second kappa shape index (κ2) is 11.3. The molecule has 0 radical (unpaired) electrons. The highest BCUT2D eigenvalue weighted by Crippen LogP contribution is 2.29. The van der Waals surface area contributed by atoms with E-state index in [4.69, 9.17) is 23.7 Å². The number of ether oxygens (including phenoxy) is 3. The SMILES string of the molecule is COc1ccc2nc(COc3ccc(CCC(=O)O)c(OCc4cc(Br)co4)c3)n(C)c2c1.Cl. The van der Waals surface area contributed by atoms with E-state index in [0.717, 1.165) is 32.6 Å². The van der Waals surface area contributed by atoms with E-state index in [0.29, 0.717) is 23.7 Å². The second-order valence-corrected chi connectivity index (χ2v) is 8.33. The molecule has 0 aliphatic heterocycles. The van der Waals surface area contributed by atoms with Crippen LogP contribution in [-0.4, -0.2) is 27.7 Å². The number of benzene rings is 2. The fraction of sp³-hybridized carbons (Fsp3) is 0.250. The summed E-state index contributed by atoms with van der Waals surface area (Å²) in [4.78, 5) is 15.7. The summed E-state index contributed by atoms with van der Waals surface area (Å²) in [6, 6.07) is 12.9. The van der Waals surface area contributed by atoms with Gasteiger partial charge in [0.1, 0.15) is 48.3 Å². The molecule has 0 spiro atoms. The van der Waals surface area contributed by atoms with Gasteiger partial charge in [0.15, 0.2) is 0 Å². The first-order valence-corrected chi connectivity index (χ1v) is 11.0. The summed E-state index contributed by atoms with van der Waals surface area (Å²) in [5.41, 5.74) is 2.59. The Bertz CT molecular complexity index is 1290. The number of aliphatic carboxylic acids is 1. The molecule has 0 saturated carbocycles. The van der Waals surface area contributed by atoms with Crippen molar-refractivity contribution in [2.75, 3.05) is 7.11 Å². The van der Waals surface area contributed by atoms with E-state index >= 15 is 0 Å². The van der Waals surface area contributed by atoms with Gasteiger partial charge in [-0.2, -0.15) is 0 Å². The van der Waals surface area contributed by atoms with Crippen molar-refractivity contribution in [1.29, 1.82) is 0 Å². The van der Waals surface area contributed by atoms with Gasteiger partial charge in [-0.05, 0) is 52.2 Å². The van der Waals surface area contributed by atoms with Crippen molar-refractivity contribution >= 4 is 45.3 Å². The Balaban J connectivity index is 0.00000324. The van der Waals surface area contributed by atoms with Crippen molar-refractivity contribution < 1.29 is 28.5 Å². The molecule has 0 atom stereocenters. The maximum Gasteiger partial charge on any atom is 0.303 e. The lowest BCUT2D eigenvalue weighted by Gasteiger charge is -2.13. The number of aryl methyl sites for hydroxylation is 2. The zero-order valence-corrected chi connectivity index (χ0v) is 21.0. The number of furan rings is 1. The minimum atomic E-state index is -0.866. The average Bonchev–Trinajstić information content (AvgIpc) is 3.37. The molecular formula is C24H24BrClN2O6. The smallest absolute Gasteiger partial charge is 0.303 e. The predicted molar refractivity (Wildman–Crippen MR) is 132 cm³/mol. The quantitative estimate of drug-likeness (QED) is 0.277. The molecule has 0 aliphatic rings. The molecule has 0 aliphatic carbocycles. The summed E-state index contributed by atoms with van der Waals surface area (Å²) in [6.45, 7) is 0.467. The molecule has 2 aromatic carbocycles. The third-order valence-electron chi connectivity index (χ3n) is 5.19. The lowest BCUT2D eigenvalue weighted by molar-refractivity contribution is -0.136. The van der Waals surface area contributed by atoms with Crippen LogP contribution in [0.4, 0.5) is 0 Å². The Morgan fingerprint density at radius 1 is 1.12 bits per heavy atom. The van der Waals surface area contributed by atoms with E-state index in [1.54, 1.807) is 25.5 Å². The van der Waals surface area contributed by atoms with Crippen molar-refractivity contribution in [3.63, 3.8) is 0 Å². The molecule has 4 aromatic rings. The van der Waals surface area contributed by atoms with Crippen molar-refractivity contribution in [1.82, 2.24) is 9.55 Å². The first-order chi connectivity index (χ1) is 15.9. The number of methoxy groups -OCH3 is 1. The van der Waals surface area contributed by atoms with Gasteiger partial charge in [0.25, 0.3) is 0 Å². The lowest BCUT2D eigenvalue weighted by Crippen LogP contribution is -2.05. The maximum atomic E-state index is 11.0. The van der Waals surface area contributed by atoms with Crippen LogP contribution in [0.15, 0.2) is 57.6 Å². The highest BCUT2D eigenvalue weighted by molar-refractivity contribution is 9.10. The molecule has 0 unspecified atom stereocenters. The molecule has 4 rings (SSSR count). The number of fused-ring (bicyclic) bond motifs is 1. The molecule has 2 aromatic heterocycles. The molecule has 34 heavy (non-hydrogen) atoms. The van der Waals surface area contributed by atoms with E-state index < -0.39 is 5.97 Å². The van der Waals surface area contributed by atoms with E-state index in [1.165, 1.54) is 0 Å². The van der Waals surface area contributed by atoms with Crippen LogP contribution in [0, 0.1) is 0 Å². The van der Waals surface area contributed by atoms with Crippen LogP contribution in [0.1, 0.15) is 23.6 Å². The van der Waals surface area contributed by atoms with Crippen LogP contribution in [0.2, 0.25) is 0 Å². The number of carbonyl (C=O) groups is 1. The van der Waals surface area contributed by atoms with Gasteiger partial charge in [-0.1, -0.05) is 6.07 Å². The Hall–Kier alpha value is -3.17. The van der Waals surface area contributed by atoms with Gasteiger partial charge >= 0.3 is 5.97 Å².